The van der Waals surface area contributed by atoms with Crippen LogP contribution in [0.4, 0.5) is 0 Å². The van der Waals surface area contributed by atoms with E-state index < -0.39 is 0 Å². The number of rotatable bonds is 6. The Bertz CT molecular complexity index is 156. The zero-order valence-electron chi connectivity index (χ0n) is 8.52. The van der Waals surface area contributed by atoms with Crippen LogP contribution in [0.3, 0.4) is 0 Å². The van der Waals surface area contributed by atoms with Crippen LogP contribution < -0.4 is 0 Å². The van der Waals surface area contributed by atoms with Crippen molar-refractivity contribution in [3.63, 3.8) is 0 Å². The Morgan fingerprint density at radius 2 is 1.92 bits per heavy atom. The molecule has 70 valence electrons. The van der Waals surface area contributed by atoms with Crippen molar-refractivity contribution in [1.82, 2.24) is 0 Å². The van der Waals surface area contributed by atoms with Crippen molar-refractivity contribution in [2.24, 2.45) is 0 Å². The van der Waals surface area contributed by atoms with Crippen molar-refractivity contribution >= 4 is 5.78 Å². The Morgan fingerprint density at radius 3 is 2.42 bits per heavy atom. The molecule has 0 heterocycles. The van der Waals surface area contributed by atoms with Gasteiger partial charge >= 0.3 is 0 Å². The van der Waals surface area contributed by atoms with Gasteiger partial charge in [-0.3, -0.25) is 0 Å². The second-order valence-corrected chi connectivity index (χ2v) is 3.39. The predicted octanol–water partition coefficient (Wildman–Crippen LogP) is 3.49. The van der Waals surface area contributed by atoms with E-state index in [0.717, 1.165) is 6.42 Å². The molecule has 12 heavy (non-hydrogen) atoms. The van der Waals surface area contributed by atoms with Crippen LogP contribution in [0.2, 0.25) is 0 Å². The topological polar surface area (TPSA) is 17.1 Å². The molecule has 1 heteroatoms. The summed E-state index contributed by atoms with van der Waals surface area (Å²) in [5.74, 6) is 0.290. The average molecular weight is 168 g/mol. The monoisotopic (exact) mass is 168 g/mol. The fourth-order valence-electron chi connectivity index (χ4n) is 1.03. The van der Waals surface area contributed by atoms with Crippen LogP contribution in [0.15, 0.2) is 11.6 Å². The van der Waals surface area contributed by atoms with Crippen molar-refractivity contribution < 1.29 is 4.79 Å². The smallest absolute Gasteiger partial charge is 0.130 e. The molecule has 0 radical (unpaired) electrons. The van der Waals surface area contributed by atoms with Gasteiger partial charge in [-0.25, -0.2) is 0 Å². The summed E-state index contributed by atoms with van der Waals surface area (Å²) in [6, 6.07) is 0. The Morgan fingerprint density at radius 1 is 1.25 bits per heavy atom. The van der Waals surface area contributed by atoms with Crippen LogP contribution in [0, 0.1) is 0 Å². The van der Waals surface area contributed by atoms with Crippen LogP contribution in [0.1, 0.15) is 52.9 Å². The Hall–Kier alpha value is -0.590. The largest absolute Gasteiger partial charge is 0.300 e. The maximum absolute atomic E-state index is 10.7. The van der Waals surface area contributed by atoms with E-state index in [2.05, 4.69) is 19.9 Å². The van der Waals surface area contributed by atoms with Gasteiger partial charge in [-0.15, -0.1) is 0 Å². The molecule has 0 aromatic heterocycles. The second-order valence-electron chi connectivity index (χ2n) is 3.39. The Labute approximate surface area is 75.9 Å². The first-order valence-corrected chi connectivity index (χ1v) is 4.82. The van der Waals surface area contributed by atoms with E-state index in [1.165, 1.54) is 24.8 Å². The molecule has 0 atom stereocenters. The number of carbonyl (C=O) groups excluding carboxylic acids is 1. The quantitative estimate of drug-likeness (QED) is 0.438. The molecular weight excluding hydrogens is 148 g/mol. The van der Waals surface area contributed by atoms with E-state index in [-0.39, 0.29) is 0 Å². The van der Waals surface area contributed by atoms with Gasteiger partial charge < -0.3 is 4.79 Å². The molecule has 0 aromatic carbocycles. The van der Waals surface area contributed by atoms with Crippen LogP contribution >= 0.6 is 0 Å². The third-order valence-corrected chi connectivity index (χ3v) is 1.92. The van der Waals surface area contributed by atoms with E-state index in [1.54, 1.807) is 6.92 Å². The van der Waals surface area contributed by atoms with Crippen molar-refractivity contribution in [2.45, 2.75) is 52.9 Å². The molecule has 0 amide bonds. The molecule has 0 rings (SSSR count). The van der Waals surface area contributed by atoms with Crippen LogP contribution in [-0.4, -0.2) is 5.78 Å². The summed E-state index contributed by atoms with van der Waals surface area (Å²) in [7, 11) is 0. The second kappa shape index (κ2) is 7.08. The molecule has 1 nitrogen and oxygen atoms in total. The summed E-state index contributed by atoms with van der Waals surface area (Å²) in [5.41, 5.74) is 1.36. The van der Waals surface area contributed by atoms with E-state index >= 15 is 0 Å². The van der Waals surface area contributed by atoms with E-state index in [0.29, 0.717) is 12.2 Å². The first-order chi connectivity index (χ1) is 5.66. The van der Waals surface area contributed by atoms with Gasteiger partial charge in [0.05, 0.1) is 0 Å². The number of allylic oxidation sites excluding steroid dienone is 2. The normalized spacial score (nSPS) is 11.8. The van der Waals surface area contributed by atoms with Crippen molar-refractivity contribution in [1.29, 1.82) is 0 Å². The molecule has 0 fully saturated rings. The van der Waals surface area contributed by atoms with Crippen molar-refractivity contribution in [3.8, 4) is 0 Å². The fraction of sp³-hybridized carbons (Fsp3) is 0.727. The number of Topliss-reactive ketones (excluding diaryl/α,β-unsaturated/α-hetero) is 1. The third kappa shape index (κ3) is 7.52. The first kappa shape index (κ1) is 11.4. The molecule has 0 spiro atoms. The maximum Gasteiger partial charge on any atom is 0.130 e. The number of ketones is 1. The van der Waals surface area contributed by atoms with Crippen LogP contribution in [-0.2, 0) is 4.79 Å². The molecule has 0 aromatic rings. The maximum atomic E-state index is 10.7. The molecule has 0 bridgehead atoms. The van der Waals surface area contributed by atoms with E-state index in [9.17, 15) is 4.79 Å². The molecule has 0 saturated heterocycles. The highest BCUT2D eigenvalue weighted by atomic mass is 16.1. The van der Waals surface area contributed by atoms with Crippen molar-refractivity contribution in [2.75, 3.05) is 0 Å². The minimum absolute atomic E-state index is 0.290. The van der Waals surface area contributed by atoms with Crippen molar-refractivity contribution in [3.05, 3.63) is 11.6 Å². The summed E-state index contributed by atoms with van der Waals surface area (Å²) in [4.78, 5) is 10.7. The van der Waals surface area contributed by atoms with Gasteiger partial charge in [0, 0.05) is 6.42 Å². The van der Waals surface area contributed by atoms with E-state index in [1.807, 2.05) is 0 Å². The molecule has 0 saturated carbocycles. The molecule has 0 aliphatic heterocycles. The van der Waals surface area contributed by atoms with Gasteiger partial charge in [0.1, 0.15) is 5.78 Å². The van der Waals surface area contributed by atoms with Gasteiger partial charge in [0.15, 0.2) is 0 Å². The minimum Gasteiger partial charge on any atom is -0.300 e. The van der Waals surface area contributed by atoms with Crippen LogP contribution in [0.25, 0.3) is 0 Å². The summed E-state index contributed by atoms with van der Waals surface area (Å²) in [6.45, 7) is 5.96. The highest BCUT2D eigenvalue weighted by Gasteiger charge is 1.94. The number of hydrogen-bond acceptors (Lipinski definition) is 1. The molecular formula is C11H20O. The summed E-state index contributed by atoms with van der Waals surface area (Å²) < 4.78 is 0. The lowest BCUT2D eigenvalue weighted by Crippen LogP contribution is -1.89. The highest BCUT2D eigenvalue weighted by Crippen LogP contribution is 2.07. The third-order valence-electron chi connectivity index (χ3n) is 1.92. The molecule has 0 unspecified atom stereocenters. The number of unbranched alkanes of at least 4 members (excludes halogenated alkanes) is 2. The Balaban J connectivity index is 3.48. The van der Waals surface area contributed by atoms with Gasteiger partial charge in [-0.05, 0) is 26.7 Å². The van der Waals surface area contributed by atoms with Gasteiger partial charge in [0.2, 0.25) is 0 Å². The van der Waals surface area contributed by atoms with Crippen LogP contribution in [0.5, 0.6) is 0 Å². The first-order valence-electron chi connectivity index (χ1n) is 4.82. The molecule has 0 aliphatic rings. The zero-order chi connectivity index (χ0) is 9.40. The van der Waals surface area contributed by atoms with Gasteiger partial charge in [-0.2, -0.15) is 0 Å². The minimum atomic E-state index is 0.290. The Kier molecular flexibility index (Phi) is 6.73. The lowest BCUT2D eigenvalue weighted by molar-refractivity contribution is -0.116. The zero-order valence-corrected chi connectivity index (χ0v) is 8.52. The number of carbonyl (C=O) groups is 1. The predicted molar refractivity (Wildman–Crippen MR) is 53.2 cm³/mol. The number of hydrogen-bond donors (Lipinski definition) is 0. The molecule has 0 N–H and O–H groups in total. The van der Waals surface area contributed by atoms with Gasteiger partial charge in [0.25, 0.3) is 0 Å². The molecule has 0 aliphatic carbocycles. The SMILES string of the molecule is CCCCC=C(C)CCC(C)=O. The lowest BCUT2D eigenvalue weighted by Gasteiger charge is -1.98. The summed E-state index contributed by atoms with van der Waals surface area (Å²) in [5, 5.41) is 0. The highest BCUT2D eigenvalue weighted by molar-refractivity contribution is 5.75. The lowest BCUT2D eigenvalue weighted by atomic mass is 10.1. The van der Waals surface area contributed by atoms with Gasteiger partial charge in [-0.1, -0.05) is 31.4 Å². The summed E-state index contributed by atoms with van der Waals surface area (Å²) in [6.07, 6.45) is 7.58. The standard InChI is InChI=1S/C11H20O/c1-4-5-6-7-10(2)8-9-11(3)12/h7H,4-6,8-9H2,1-3H3. The fourth-order valence-corrected chi connectivity index (χ4v) is 1.03. The summed E-state index contributed by atoms with van der Waals surface area (Å²) >= 11 is 0. The average Bonchev–Trinajstić information content (AvgIpc) is 2.01. The van der Waals surface area contributed by atoms with E-state index in [4.69, 9.17) is 0 Å².